The van der Waals surface area contributed by atoms with Gasteiger partial charge in [-0.1, -0.05) is 30.7 Å². The Morgan fingerprint density at radius 1 is 1.30 bits per heavy atom. The minimum Gasteiger partial charge on any atom is -0.495 e. The first-order valence-electron chi connectivity index (χ1n) is 9.10. The summed E-state index contributed by atoms with van der Waals surface area (Å²) in [5.41, 5.74) is 5.28. The Balaban J connectivity index is 2.12. The summed E-state index contributed by atoms with van der Waals surface area (Å²) in [6.07, 6.45) is 1.03. The van der Waals surface area contributed by atoms with Crippen molar-refractivity contribution < 1.29 is 4.74 Å². The molecule has 3 rings (SSSR count). The Kier molecular flexibility index (Phi) is 5.63. The van der Waals surface area contributed by atoms with E-state index in [9.17, 15) is 0 Å². The molecule has 2 aromatic carbocycles. The molecule has 1 aromatic heterocycles. The third-order valence-corrected chi connectivity index (χ3v) is 5.23. The van der Waals surface area contributed by atoms with Crippen LogP contribution in [0.15, 0.2) is 30.3 Å². The van der Waals surface area contributed by atoms with Gasteiger partial charge >= 0.3 is 0 Å². The third-order valence-electron chi connectivity index (χ3n) is 5.02. The van der Waals surface area contributed by atoms with Crippen molar-refractivity contribution in [3.8, 4) is 5.75 Å². The highest BCUT2D eigenvalue weighted by Gasteiger charge is 2.20. The molecule has 0 aliphatic carbocycles. The second kappa shape index (κ2) is 7.79. The lowest BCUT2D eigenvalue weighted by Crippen LogP contribution is -2.19. The van der Waals surface area contributed by atoms with Crippen molar-refractivity contribution in [1.82, 2.24) is 14.5 Å². The molecule has 5 nitrogen and oxygen atoms in total. The fraction of sp³-hybridized carbons (Fsp3) is 0.381. The van der Waals surface area contributed by atoms with Gasteiger partial charge in [-0.2, -0.15) is 0 Å². The number of para-hydroxylation sites is 1. The number of nitrogens with zero attached hydrogens (tertiary/aromatic N) is 3. The van der Waals surface area contributed by atoms with E-state index in [1.165, 1.54) is 5.56 Å². The highest BCUT2D eigenvalue weighted by atomic mass is 35.5. The maximum Gasteiger partial charge on any atom is 0.208 e. The molecule has 0 saturated heterocycles. The quantitative estimate of drug-likeness (QED) is 0.624. The van der Waals surface area contributed by atoms with Crippen molar-refractivity contribution in [2.45, 2.75) is 26.3 Å². The molecule has 1 atom stereocenters. The second-order valence-corrected chi connectivity index (χ2v) is 7.46. The first kappa shape index (κ1) is 19.5. The zero-order valence-corrected chi connectivity index (χ0v) is 17.6. The molecule has 6 heteroatoms. The second-order valence-electron chi connectivity index (χ2n) is 7.02. The van der Waals surface area contributed by atoms with Crippen LogP contribution in [0.5, 0.6) is 5.75 Å². The zero-order chi connectivity index (χ0) is 19.7. The van der Waals surface area contributed by atoms with Gasteiger partial charge in [-0.15, -0.1) is 0 Å². The van der Waals surface area contributed by atoms with Gasteiger partial charge < -0.3 is 19.5 Å². The highest BCUT2D eigenvalue weighted by molar-refractivity contribution is 6.31. The predicted octanol–water partition coefficient (Wildman–Crippen LogP) is 5.30. The number of rotatable bonds is 6. The molecule has 0 aliphatic heterocycles. The topological polar surface area (TPSA) is 42.3 Å². The molecular formula is C21H27ClN4O. The van der Waals surface area contributed by atoms with Gasteiger partial charge in [0.25, 0.3) is 0 Å². The summed E-state index contributed by atoms with van der Waals surface area (Å²) in [6.45, 7) is 4.21. The van der Waals surface area contributed by atoms with E-state index in [4.69, 9.17) is 21.3 Å². The Hall–Kier alpha value is -2.24. The number of aromatic nitrogens is 2. The predicted molar refractivity (Wildman–Crippen MR) is 113 cm³/mol. The van der Waals surface area contributed by atoms with Gasteiger partial charge in [0.2, 0.25) is 5.95 Å². The molecule has 0 bridgehead atoms. The number of anilines is 2. The average Bonchev–Trinajstić information content (AvgIpc) is 2.94. The molecule has 1 N–H and O–H groups in total. The number of benzene rings is 2. The van der Waals surface area contributed by atoms with E-state index in [1.807, 2.05) is 26.1 Å². The monoisotopic (exact) mass is 386 g/mol. The molecule has 0 spiro atoms. The fourth-order valence-electron chi connectivity index (χ4n) is 3.69. The van der Waals surface area contributed by atoms with Crippen LogP contribution in [0.1, 0.15) is 30.5 Å². The normalized spacial score (nSPS) is 12.6. The molecule has 0 fully saturated rings. The first-order valence-corrected chi connectivity index (χ1v) is 9.48. The summed E-state index contributed by atoms with van der Waals surface area (Å²) in [7, 11) is 7.92. The van der Waals surface area contributed by atoms with Crippen LogP contribution in [-0.2, 0) is 7.05 Å². The molecule has 1 unspecified atom stereocenters. The molecule has 0 radical (unpaired) electrons. The number of halogens is 1. The van der Waals surface area contributed by atoms with E-state index >= 15 is 0 Å². The number of nitrogens with one attached hydrogen (secondary N) is 1. The van der Waals surface area contributed by atoms with Gasteiger partial charge in [0.15, 0.2) is 0 Å². The smallest absolute Gasteiger partial charge is 0.208 e. The summed E-state index contributed by atoms with van der Waals surface area (Å²) in [5, 5.41) is 4.10. The largest absolute Gasteiger partial charge is 0.495 e. The van der Waals surface area contributed by atoms with Crippen LogP contribution in [0.2, 0.25) is 5.02 Å². The van der Waals surface area contributed by atoms with Crippen molar-refractivity contribution in [2.24, 2.45) is 7.05 Å². The minimum atomic E-state index is 0.337. The van der Waals surface area contributed by atoms with E-state index < -0.39 is 0 Å². The Labute approximate surface area is 165 Å². The number of ether oxygens (including phenoxy) is 1. The average molecular weight is 387 g/mol. The van der Waals surface area contributed by atoms with E-state index in [2.05, 4.69) is 54.0 Å². The Morgan fingerprint density at radius 3 is 2.67 bits per heavy atom. The van der Waals surface area contributed by atoms with E-state index in [0.717, 1.165) is 34.7 Å². The van der Waals surface area contributed by atoms with Gasteiger partial charge in [-0.25, -0.2) is 4.98 Å². The van der Waals surface area contributed by atoms with Crippen molar-refractivity contribution in [3.05, 3.63) is 46.5 Å². The number of aryl methyl sites for hydroxylation is 2. The van der Waals surface area contributed by atoms with Crippen LogP contribution in [0.3, 0.4) is 0 Å². The molecule has 0 aliphatic rings. The summed E-state index contributed by atoms with van der Waals surface area (Å²) in [6, 6.07) is 10.4. The van der Waals surface area contributed by atoms with Crippen LogP contribution in [0.4, 0.5) is 11.6 Å². The molecule has 3 aromatic rings. The Bertz CT molecular complexity index is 964. The molecule has 27 heavy (non-hydrogen) atoms. The van der Waals surface area contributed by atoms with Crippen LogP contribution in [-0.4, -0.2) is 35.7 Å². The molecule has 144 valence electrons. The Morgan fingerprint density at radius 2 is 2.04 bits per heavy atom. The summed E-state index contributed by atoms with van der Waals surface area (Å²) < 4.78 is 7.63. The van der Waals surface area contributed by atoms with Crippen molar-refractivity contribution in [1.29, 1.82) is 0 Å². The molecule has 0 saturated carbocycles. The van der Waals surface area contributed by atoms with Gasteiger partial charge in [0.05, 0.1) is 23.8 Å². The lowest BCUT2D eigenvalue weighted by atomic mass is 10.0. The standard InChI is InChI=1S/C21H27ClN4O/c1-7-17(25(3)4)15-9-8-10-16-20(15)26(5)21(23-16)24-19-13(2)11-14(22)12-18(19)27-6/h8-12,17H,7H2,1-6H3,(H,23,24). The summed E-state index contributed by atoms with van der Waals surface area (Å²) in [5.74, 6) is 1.47. The van der Waals surface area contributed by atoms with Gasteiger partial charge in [0, 0.05) is 24.2 Å². The number of fused-ring (bicyclic) bond motifs is 1. The van der Waals surface area contributed by atoms with Crippen LogP contribution >= 0.6 is 11.6 Å². The van der Waals surface area contributed by atoms with Gasteiger partial charge in [0.1, 0.15) is 5.75 Å². The van der Waals surface area contributed by atoms with Crippen molar-refractivity contribution >= 4 is 34.3 Å². The lowest BCUT2D eigenvalue weighted by molar-refractivity contribution is 0.293. The van der Waals surface area contributed by atoms with E-state index in [0.29, 0.717) is 16.8 Å². The number of methoxy groups -OCH3 is 1. The van der Waals surface area contributed by atoms with E-state index in [-0.39, 0.29) is 0 Å². The SMILES string of the molecule is CCC(c1cccc2nc(Nc3c(C)cc(Cl)cc3OC)n(C)c12)N(C)C. The van der Waals surface area contributed by atoms with Gasteiger partial charge in [-0.3, -0.25) is 0 Å². The number of hydrogen-bond acceptors (Lipinski definition) is 4. The number of imidazole rings is 1. The highest BCUT2D eigenvalue weighted by Crippen LogP contribution is 2.36. The maximum absolute atomic E-state index is 6.17. The maximum atomic E-state index is 6.17. The fourth-order valence-corrected chi connectivity index (χ4v) is 3.95. The first-order chi connectivity index (χ1) is 12.9. The third kappa shape index (κ3) is 3.62. The summed E-state index contributed by atoms with van der Waals surface area (Å²) in [4.78, 5) is 7.08. The van der Waals surface area contributed by atoms with Gasteiger partial charge in [-0.05, 0) is 50.7 Å². The van der Waals surface area contributed by atoms with E-state index in [1.54, 1.807) is 7.11 Å². The minimum absolute atomic E-state index is 0.337. The molecular weight excluding hydrogens is 360 g/mol. The van der Waals surface area contributed by atoms with Crippen LogP contribution in [0.25, 0.3) is 11.0 Å². The van der Waals surface area contributed by atoms with Crippen molar-refractivity contribution in [2.75, 3.05) is 26.5 Å². The number of hydrogen-bond donors (Lipinski definition) is 1. The molecule has 0 amide bonds. The lowest BCUT2D eigenvalue weighted by Gasteiger charge is -2.24. The van der Waals surface area contributed by atoms with Crippen LogP contribution < -0.4 is 10.1 Å². The molecule has 1 heterocycles. The van der Waals surface area contributed by atoms with Crippen LogP contribution in [0, 0.1) is 6.92 Å². The van der Waals surface area contributed by atoms with Crippen molar-refractivity contribution in [3.63, 3.8) is 0 Å². The summed E-state index contributed by atoms with van der Waals surface area (Å²) >= 11 is 6.17. The zero-order valence-electron chi connectivity index (χ0n) is 16.8.